The van der Waals surface area contributed by atoms with Gasteiger partial charge in [0.05, 0.1) is 29.0 Å². The molecular weight excluding hydrogens is 290 g/mol. The zero-order valence-electron chi connectivity index (χ0n) is 10.2. The van der Waals surface area contributed by atoms with Gasteiger partial charge in [0.15, 0.2) is 5.01 Å². The molecule has 1 aromatic heterocycles. The van der Waals surface area contributed by atoms with E-state index in [1.165, 1.54) is 30.6 Å². The van der Waals surface area contributed by atoms with Crippen LogP contribution in [0.25, 0.3) is 10.6 Å². The zero-order valence-corrected chi connectivity index (χ0v) is 11.7. The van der Waals surface area contributed by atoms with Crippen LogP contribution in [0.3, 0.4) is 0 Å². The normalized spacial score (nSPS) is 12.2. The fourth-order valence-electron chi connectivity index (χ4n) is 1.47. The molecular formula is C11H10ClN3O3S. The van der Waals surface area contributed by atoms with Gasteiger partial charge in [0.25, 0.3) is 5.69 Å². The van der Waals surface area contributed by atoms with Crippen LogP contribution < -0.4 is 4.74 Å². The number of rotatable bonds is 4. The van der Waals surface area contributed by atoms with Crippen molar-refractivity contribution in [2.45, 2.75) is 12.3 Å². The number of hydrogen-bond donors (Lipinski definition) is 0. The first-order chi connectivity index (χ1) is 9.02. The maximum absolute atomic E-state index is 10.7. The summed E-state index contributed by atoms with van der Waals surface area (Å²) in [4.78, 5) is 10.2. The highest BCUT2D eigenvalue weighted by molar-refractivity contribution is 7.15. The number of nitro benzene ring substituents is 1. The minimum atomic E-state index is -0.474. The molecule has 2 aromatic rings. The summed E-state index contributed by atoms with van der Waals surface area (Å²) in [5, 5.41) is 19.8. The summed E-state index contributed by atoms with van der Waals surface area (Å²) in [5.41, 5.74) is 0.630. The summed E-state index contributed by atoms with van der Waals surface area (Å²) in [7, 11) is 1.45. The van der Waals surface area contributed by atoms with Gasteiger partial charge in [-0.25, -0.2) is 0 Å². The Labute approximate surface area is 118 Å². The van der Waals surface area contributed by atoms with Gasteiger partial charge in [-0.05, 0) is 13.0 Å². The Morgan fingerprint density at radius 3 is 2.74 bits per heavy atom. The van der Waals surface area contributed by atoms with Gasteiger partial charge in [-0.1, -0.05) is 11.3 Å². The fourth-order valence-corrected chi connectivity index (χ4v) is 2.45. The second-order valence-corrected chi connectivity index (χ2v) is 5.37. The highest BCUT2D eigenvalue weighted by Crippen LogP contribution is 2.36. The standard InChI is InChI=1S/C11H10ClN3O3S/c1-6(12)10-13-14-11(19-10)8-4-3-7(15(16)17)5-9(8)18-2/h3-6H,1-2H3. The smallest absolute Gasteiger partial charge is 0.273 e. The summed E-state index contributed by atoms with van der Waals surface area (Å²) < 4.78 is 5.16. The van der Waals surface area contributed by atoms with Crippen molar-refractivity contribution in [3.05, 3.63) is 33.3 Å². The van der Waals surface area contributed by atoms with Crippen molar-refractivity contribution in [2.75, 3.05) is 7.11 Å². The molecule has 8 heteroatoms. The van der Waals surface area contributed by atoms with E-state index < -0.39 is 4.92 Å². The van der Waals surface area contributed by atoms with Gasteiger partial charge in [-0.15, -0.1) is 21.8 Å². The zero-order chi connectivity index (χ0) is 14.0. The van der Waals surface area contributed by atoms with E-state index in [4.69, 9.17) is 16.3 Å². The number of benzene rings is 1. The molecule has 0 spiro atoms. The minimum absolute atomic E-state index is 0.0314. The van der Waals surface area contributed by atoms with Gasteiger partial charge >= 0.3 is 0 Å². The molecule has 0 amide bonds. The molecule has 0 fully saturated rings. The van der Waals surface area contributed by atoms with E-state index in [9.17, 15) is 10.1 Å². The lowest BCUT2D eigenvalue weighted by atomic mass is 10.2. The number of methoxy groups -OCH3 is 1. The number of nitro groups is 1. The number of nitrogens with zero attached hydrogens (tertiary/aromatic N) is 3. The molecule has 19 heavy (non-hydrogen) atoms. The highest BCUT2D eigenvalue weighted by Gasteiger charge is 2.17. The number of hydrogen-bond acceptors (Lipinski definition) is 6. The third-order valence-corrected chi connectivity index (χ3v) is 3.88. The van der Waals surface area contributed by atoms with Crippen molar-refractivity contribution in [2.24, 2.45) is 0 Å². The molecule has 2 rings (SSSR count). The van der Waals surface area contributed by atoms with Crippen LogP contribution >= 0.6 is 22.9 Å². The second kappa shape index (κ2) is 5.50. The lowest BCUT2D eigenvalue weighted by Crippen LogP contribution is -1.92. The van der Waals surface area contributed by atoms with Crippen LogP contribution in [0, 0.1) is 10.1 Å². The Kier molecular flexibility index (Phi) is 3.96. The average molecular weight is 300 g/mol. The summed E-state index contributed by atoms with van der Waals surface area (Å²) in [5.74, 6) is 0.388. The molecule has 0 radical (unpaired) electrons. The Hall–Kier alpha value is -1.73. The molecule has 0 bridgehead atoms. The van der Waals surface area contributed by atoms with Crippen LogP contribution in [0.2, 0.25) is 0 Å². The van der Waals surface area contributed by atoms with E-state index in [1.54, 1.807) is 13.0 Å². The van der Waals surface area contributed by atoms with E-state index in [2.05, 4.69) is 10.2 Å². The first-order valence-corrected chi connectivity index (χ1v) is 6.58. The predicted molar refractivity (Wildman–Crippen MR) is 72.8 cm³/mol. The molecule has 0 saturated heterocycles. The lowest BCUT2D eigenvalue weighted by Gasteiger charge is -2.04. The lowest BCUT2D eigenvalue weighted by molar-refractivity contribution is -0.384. The van der Waals surface area contributed by atoms with Crippen molar-refractivity contribution < 1.29 is 9.66 Å². The van der Waals surface area contributed by atoms with Crippen LogP contribution in [-0.2, 0) is 0 Å². The summed E-state index contributed by atoms with van der Waals surface area (Å²) in [6, 6.07) is 4.36. The van der Waals surface area contributed by atoms with Crippen molar-refractivity contribution in [1.29, 1.82) is 0 Å². The fraction of sp³-hybridized carbons (Fsp3) is 0.273. The third-order valence-electron chi connectivity index (χ3n) is 2.41. The Balaban J connectivity index is 2.46. The SMILES string of the molecule is COc1cc([N+](=O)[O-])ccc1-c1nnc(C(C)Cl)s1. The van der Waals surface area contributed by atoms with Crippen molar-refractivity contribution in [3.63, 3.8) is 0 Å². The van der Waals surface area contributed by atoms with Crippen LogP contribution in [0.4, 0.5) is 5.69 Å². The van der Waals surface area contributed by atoms with Crippen molar-refractivity contribution >= 4 is 28.6 Å². The maximum atomic E-state index is 10.7. The molecule has 1 aromatic carbocycles. The van der Waals surface area contributed by atoms with Crippen LogP contribution in [0.5, 0.6) is 5.75 Å². The highest BCUT2D eigenvalue weighted by atomic mass is 35.5. The van der Waals surface area contributed by atoms with Crippen LogP contribution in [-0.4, -0.2) is 22.2 Å². The molecule has 1 unspecified atom stereocenters. The van der Waals surface area contributed by atoms with E-state index in [0.717, 1.165) is 0 Å². The molecule has 1 atom stereocenters. The molecule has 0 aliphatic carbocycles. The molecule has 1 heterocycles. The van der Waals surface area contributed by atoms with Crippen LogP contribution in [0.15, 0.2) is 18.2 Å². The van der Waals surface area contributed by atoms with Crippen molar-refractivity contribution in [1.82, 2.24) is 10.2 Å². The largest absolute Gasteiger partial charge is 0.496 e. The van der Waals surface area contributed by atoms with Gasteiger partial charge in [0.2, 0.25) is 0 Å². The Morgan fingerprint density at radius 1 is 1.47 bits per heavy atom. The molecule has 100 valence electrons. The van der Waals surface area contributed by atoms with Crippen LogP contribution in [0.1, 0.15) is 17.3 Å². The maximum Gasteiger partial charge on any atom is 0.273 e. The van der Waals surface area contributed by atoms with Gasteiger partial charge in [0, 0.05) is 6.07 Å². The van der Waals surface area contributed by atoms with Gasteiger partial charge in [-0.3, -0.25) is 10.1 Å². The minimum Gasteiger partial charge on any atom is -0.496 e. The van der Waals surface area contributed by atoms with E-state index in [0.29, 0.717) is 21.3 Å². The Bertz CT molecular complexity index is 615. The number of aromatic nitrogens is 2. The molecule has 0 aliphatic rings. The molecule has 0 N–H and O–H groups in total. The Morgan fingerprint density at radius 2 is 2.21 bits per heavy atom. The average Bonchev–Trinajstić information content (AvgIpc) is 2.87. The number of halogens is 1. The number of alkyl halides is 1. The second-order valence-electron chi connectivity index (χ2n) is 3.70. The topological polar surface area (TPSA) is 78.2 Å². The number of ether oxygens (including phenoxy) is 1. The summed E-state index contributed by atoms with van der Waals surface area (Å²) in [6.07, 6.45) is 0. The van der Waals surface area contributed by atoms with E-state index in [-0.39, 0.29) is 11.1 Å². The first kappa shape index (κ1) is 13.7. The summed E-state index contributed by atoms with van der Waals surface area (Å²) >= 11 is 7.27. The number of non-ortho nitro benzene ring substituents is 1. The van der Waals surface area contributed by atoms with Gasteiger partial charge < -0.3 is 4.74 Å². The monoisotopic (exact) mass is 299 g/mol. The summed E-state index contributed by atoms with van der Waals surface area (Å²) in [6.45, 7) is 1.80. The van der Waals surface area contributed by atoms with E-state index >= 15 is 0 Å². The van der Waals surface area contributed by atoms with Gasteiger partial charge in [0.1, 0.15) is 10.8 Å². The van der Waals surface area contributed by atoms with E-state index in [1.807, 2.05) is 0 Å². The quantitative estimate of drug-likeness (QED) is 0.491. The third kappa shape index (κ3) is 2.82. The molecule has 6 nitrogen and oxygen atoms in total. The molecule has 0 saturated carbocycles. The van der Waals surface area contributed by atoms with Gasteiger partial charge in [-0.2, -0.15) is 0 Å². The first-order valence-electron chi connectivity index (χ1n) is 5.33. The molecule has 0 aliphatic heterocycles. The van der Waals surface area contributed by atoms with Crippen molar-refractivity contribution in [3.8, 4) is 16.3 Å². The predicted octanol–water partition coefficient (Wildman–Crippen LogP) is 3.42.